The summed E-state index contributed by atoms with van der Waals surface area (Å²) in [6.45, 7) is 2.60. The van der Waals surface area contributed by atoms with Crippen molar-refractivity contribution in [3.05, 3.63) is 52.5 Å². The number of hydrogen-bond donors (Lipinski definition) is 0. The highest BCUT2D eigenvalue weighted by molar-refractivity contribution is 8.14. The molecule has 1 amide bonds. The molecule has 8 heteroatoms. The van der Waals surface area contributed by atoms with Gasteiger partial charge in [-0.1, -0.05) is 48.0 Å². The van der Waals surface area contributed by atoms with Crippen molar-refractivity contribution >= 4 is 51.7 Å². The van der Waals surface area contributed by atoms with Crippen molar-refractivity contribution < 1.29 is 14.3 Å². The van der Waals surface area contributed by atoms with Crippen LogP contribution in [0.25, 0.3) is 0 Å². The van der Waals surface area contributed by atoms with Gasteiger partial charge in [0.2, 0.25) is 0 Å². The lowest BCUT2D eigenvalue weighted by Crippen LogP contribution is -2.36. The average molecular weight is 439 g/mol. The minimum absolute atomic E-state index is 0.105. The number of rotatable bonds is 6. The van der Waals surface area contributed by atoms with Gasteiger partial charge < -0.3 is 9.47 Å². The first-order valence-electron chi connectivity index (χ1n) is 8.77. The van der Waals surface area contributed by atoms with Gasteiger partial charge in [0.25, 0.3) is 5.91 Å². The second kappa shape index (κ2) is 9.54. The smallest absolute Gasteiger partial charge is 0.266 e. The molecule has 0 saturated carbocycles. The minimum atomic E-state index is -0.156. The molecule has 1 heterocycles. The predicted molar refractivity (Wildman–Crippen MR) is 115 cm³/mol. The van der Waals surface area contributed by atoms with Crippen LogP contribution in [0.15, 0.2) is 47.5 Å². The molecule has 0 N–H and O–H groups in total. The minimum Gasteiger partial charge on any atom is -0.497 e. The Kier molecular flexibility index (Phi) is 7.10. The van der Waals surface area contributed by atoms with Gasteiger partial charge in [-0.15, -0.1) is 0 Å². The highest BCUT2D eigenvalue weighted by Gasteiger charge is 2.32. The molecule has 1 saturated heterocycles. The van der Waals surface area contributed by atoms with Crippen LogP contribution in [0.3, 0.4) is 0 Å². The standard InChI is InChI=1S/C20H20Cl2N2O3S/c1-3-16-11-24(19(25)12-27-15-7-8-17(21)18(22)10-15)20(28-16)23-13-5-4-6-14(9-13)26-2/h4-10,16H,3,11-12H2,1-2H3. The third-order valence-corrected chi connectivity index (χ3v) is 6.25. The van der Waals surface area contributed by atoms with E-state index in [4.69, 9.17) is 32.7 Å². The quantitative estimate of drug-likeness (QED) is 0.603. The lowest BCUT2D eigenvalue weighted by molar-refractivity contribution is -0.129. The molecular weight excluding hydrogens is 419 g/mol. The highest BCUT2D eigenvalue weighted by atomic mass is 35.5. The summed E-state index contributed by atoms with van der Waals surface area (Å²) < 4.78 is 10.8. The van der Waals surface area contributed by atoms with Crippen molar-refractivity contribution in [2.45, 2.75) is 18.6 Å². The van der Waals surface area contributed by atoms with E-state index in [1.807, 2.05) is 24.3 Å². The lowest BCUT2D eigenvalue weighted by atomic mass is 10.3. The molecule has 28 heavy (non-hydrogen) atoms. The Hall–Kier alpha value is -1.89. The summed E-state index contributed by atoms with van der Waals surface area (Å²) >= 11 is 13.5. The summed E-state index contributed by atoms with van der Waals surface area (Å²) in [6, 6.07) is 12.4. The van der Waals surface area contributed by atoms with Crippen molar-refractivity contribution in [1.29, 1.82) is 0 Å². The van der Waals surface area contributed by atoms with Crippen molar-refractivity contribution in [1.82, 2.24) is 4.90 Å². The van der Waals surface area contributed by atoms with Gasteiger partial charge in [-0.2, -0.15) is 0 Å². The van der Waals surface area contributed by atoms with E-state index in [0.29, 0.717) is 32.8 Å². The third-order valence-electron chi connectivity index (χ3n) is 4.18. The Morgan fingerprint density at radius 2 is 2.04 bits per heavy atom. The summed E-state index contributed by atoms with van der Waals surface area (Å²) in [4.78, 5) is 19.1. The number of methoxy groups -OCH3 is 1. The van der Waals surface area contributed by atoms with Gasteiger partial charge in [0.05, 0.1) is 22.8 Å². The lowest BCUT2D eigenvalue weighted by Gasteiger charge is -2.17. The number of amidine groups is 1. The maximum absolute atomic E-state index is 12.8. The normalized spacial score (nSPS) is 17.8. The molecule has 0 bridgehead atoms. The van der Waals surface area contributed by atoms with E-state index >= 15 is 0 Å². The molecule has 1 fully saturated rings. The molecule has 0 spiro atoms. The van der Waals surface area contributed by atoms with Crippen molar-refractivity contribution in [2.24, 2.45) is 4.99 Å². The number of amides is 1. The van der Waals surface area contributed by atoms with Crippen molar-refractivity contribution in [2.75, 3.05) is 20.3 Å². The van der Waals surface area contributed by atoms with Crippen LogP contribution in [0.1, 0.15) is 13.3 Å². The van der Waals surface area contributed by atoms with Crippen LogP contribution in [0.2, 0.25) is 10.0 Å². The van der Waals surface area contributed by atoms with E-state index in [2.05, 4.69) is 11.9 Å². The Morgan fingerprint density at radius 3 is 2.75 bits per heavy atom. The van der Waals surface area contributed by atoms with Gasteiger partial charge in [0.15, 0.2) is 11.8 Å². The summed E-state index contributed by atoms with van der Waals surface area (Å²) in [5, 5.41) is 1.80. The predicted octanol–water partition coefficient (Wildman–Crippen LogP) is 5.42. The zero-order valence-electron chi connectivity index (χ0n) is 15.5. The van der Waals surface area contributed by atoms with Crippen LogP contribution >= 0.6 is 35.0 Å². The second-order valence-electron chi connectivity index (χ2n) is 6.11. The van der Waals surface area contributed by atoms with Crippen LogP contribution in [0.4, 0.5) is 5.69 Å². The van der Waals surface area contributed by atoms with Crippen LogP contribution in [0, 0.1) is 0 Å². The first kappa shape index (κ1) is 20.8. The van der Waals surface area contributed by atoms with E-state index in [0.717, 1.165) is 17.9 Å². The zero-order valence-corrected chi connectivity index (χ0v) is 17.9. The fourth-order valence-electron chi connectivity index (χ4n) is 2.62. The fourth-order valence-corrected chi connectivity index (χ4v) is 4.06. The molecule has 5 nitrogen and oxygen atoms in total. The molecule has 2 aromatic carbocycles. The summed E-state index contributed by atoms with van der Waals surface area (Å²) in [7, 11) is 1.61. The summed E-state index contributed by atoms with van der Waals surface area (Å²) in [5.41, 5.74) is 0.738. The number of thioether (sulfide) groups is 1. The maximum atomic E-state index is 12.8. The Labute approximate surface area is 178 Å². The SMILES string of the molecule is CCC1CN(C(=O)COc2ccc(Cl)c(Cl)c2)C(=Nc2cccc(OC)c2)S1. The first-order valence-corrected chi connectivity index (χ1v) is 10.4. The largest absolute Gasteiger partial charge is 0.497 e. The summed E-state index contributed by atoms with van der Waals surface area (Å²) in [5.74, 6) is 1.06. The topological polar surface area (TPSA) is 51.1 Å². The van der Waals surface area contributed by atoms with Crippen molar-refractivity contribution in [3.63, 3.8) is 0 Å². The van der Waals surface area contributed by atoms with Crippen LogP contribution in [-0.2, 0) is 4.79 Å². The number of carbonyl (C=O) groups excluding carboxylic acids is 1. The molecule has 1 atom stereocenters. The van der Waals surface area contributed by atoms with Gasteiger partial charge in [-0.25, -0.2) is 4.99 Å². The molecule has 1 aliphatic heterocycles. The Balaban J connectivity index is 1.74. The average Bonchev–Trinajstić information content (AvgIpc) is 3.11. The Bertz CT molecular complexity index is 892. The van der Waals surface area contributed by atoms with Gasteiger partial charge >= 0.3 is 0 Å². The van der Waals surface area contributed by atoms with Crippen molar-refractivity contribution in [3.8, 4) is 11.5 Å². The van der Waals surface area contributed by atoms with Crippen LogP contribution in [0.5, 0.6) is 11.5 Å². The van der Waals surface area contributed by atoms with Crippen LogP contribution < -0.4 is 9.47 Å². The highest BCUT2D eigenvalue weighted by Crippen LogP contribution is 2.31. The first-order chi connectivity index (χ1) is 13.5. The van der Waals surface area contributed by atoms with E-state index in [1.54, 1.807) is 42.0 Å². The molecule has 3 rings (SSSR count). The number of benzene rings is 2. The van der Waals surface area contributed by atoms with Gasteiger partial charge in [0, 0.05) is 23.9 Å². The number of carbonyl (C=O) groups is 1. The molecule has 0 radical (unpaired) electrons. The summed E-state index contributed by atoms with van der Waals surface area (Å²) in [6.07, 6.45) is 0.944. The van der Waals surface area contributed by atoms with Gasteiger partial charge in [-0.3, -0.25) is 9.69 Å². The molecule has 148 valence electrons. The van der Waals surface area contributed by atoms with E-state index in [9.17, 15) is 4.79 Å². The third kappa shape index (κ3) is 5.13. The second-order valence-corrected chi connectivity index (χ2v) is 8.19. The van der Waals surface area contributed by atoms with Crippen LogP contribution in [-0.4, -0.2) is 41.5 Å². The fraction of sp³-hybridized carbons (Fsp3) is 0.300. The van der Waals surface area contributed by atoms with E-state index in [1.165, 1.54) is 0 Å². The molecule has 0 aliphatic carbocycles. The number of hydrogen-bond acceptors (Lipinski definition) is 5. The molecule has 0 aromatic heterocycles. The molecule has 1 unspecified atom stereocenters. The van der Waals surface area contributed by atoms with E-state index in [-0.39, 0.29) is 12.5 Å². The molecular formula is C20H20Cl2N2O3S. The van der Waals surface area contributed by atoms with Gasteiger partial charge in [-0.05, 0) is 30.7 Å². The number of aliphatic imine (C=N–C) groups is 1. The monoisotopic (exact) mass is 438 g/mol. The number of nitrogens with zero attached hydrogens (tertiary/aromatic N) is 2. The van der Waals surface area contributed by atoms with E-state index < -0.39 is 0 Å². The molecule has 2 aromatic rings. The molecule has 1 aliphatic rings. The zero-order chi connectivity index (χ0) is 20.1. The maximum Gasteiger partial charge on any atom is 0.266 e. The number of halogens is 2. The van der Waals surface area contributed by atoms with Gasteiger partial charge in [0.1, 0.15) is 11.5 Å². The number of ether oxygens (including phenoxy) is 2. The Morgan fingerprint density at radius 1 is 1.21 bits per heavy atom.